The predicted molar refractivity (Wildman–Crippen MR) is 91.3 cm³/mol. The Kier molecular flexibility index (Phi) is 4.10. The lowest BCUT2D eigenvalue weighted by Gasteiger charge is -2.29. The van der Waals surface area contributed by atoms with Crippen molar-refractivity contribution in [2.45, 2.75) is 6.54 Å². The van der Waals surface area contributed by atoms with Gasteiger partial charge >= 0.3 is 10.3 Å². The van der Waals surface area contributed by atoms with Crippen molar-refractivity contribution >= 4 is 16.0 Å². The Morgan fingerprint density at radius 3 is 2.52 bits per heavy atom. The van der Waals surface area contributed by atoms with E-state index in [0.29, 0.717) is 29.9 Å². The fourth-order valence-corrected chi connectivity index (χ4v) is 3.88. The van der Waals surface area contributed by atoms with Gasteiger partial charge in [-0.1, -0.05) is 12.1 Å². The third-order valence-corrected chi connectivity index (χ3v) is 5.20. The Morgan fingerprint density at radius 1 is 1.08 bits per heavy atom. The van der Waals surface area contributed by atoms with Crippen molar-refractivity contribution in [1.82, 2.24) is 4.72 Å². The number of fused-ring (bicyclic) bond motifs is 1. The van der Waals surface area contributed by atoms with Crippen LogP contribution in [0.2, 0.25) is 0 Å². The summed E-state index contributed by atoms with van der Waals surface area (Å²) in [7, 11) is -3.86. The molecule has 0 aromatic heterocycles. The zero-order valence-electron chi connectivity index (χ0n) is 13.4. The zero-order valence-corrected chi connectivity index (χ0v) is 14.2. The fraction of sp³-hybridized carbons (Fsp3) is 0.294. The van der Waals surface area contributed by atoms with Crippen LogP contribution in [0.3, 0.4) is 0 Å². The minimum atomic E-state index is -3.86. The molecule has 4 rings (SSSR count). The molecule has 8 heteroatoms. The summed E-state index contributed by atoms with van der Waals surface area (Å²) in [5.74, 6) is -0.255. The van der Waals surface area contributed by atoms with E-state index in [-0.39, 0.29) is 12.3 Å². The average molecular weight is 364 g/mol. The Labute approximate surface area is 145 Å². The average Bonchev–Trinajstić information content (AvgIpc) is 2.62. The van der Waals surface area contributed by atoms with Gasteiger partial charge in [0.2, 0.25) is 0 Å². The highest BCUT2D eigenvalue weighted by Crippen LogP contribution is 2.37. The van der Waals surface area contributed by atoms with Crippen LogP contribution in [0, 0.1) is 5.82 Å². The van der Waals surface area contributed by atoms with Crippen LogP contribution in [0.5, 0.6) is 5.75 Å². The van der Waals surface area contributed by atoms with Crippen molar-refractivity contribution in [3.8, 4) is 16.9 Å². The summed E-state index contributed by atoms with van der Waals surface area (Å²) in [4.78, 5) is 2.21. The van der Waals surface area contributed by atoms with Crippen molar-refractivity contribution in [3.05, 3.63) is 47.8 Å². The van der Waals surface area contributed by atoms with Gasteiger partial charge in [0.1, 0.15) is 5.82 Å². The summed E-state index contributed by atoms with van der Waals surface area (Å²) in [5.41, 5.74) is 2.65. The monoisotopic (exact) mass is 364 g/mol. The first-order valence-corrected chi connectivity index (χ1v) is 9.37. The lowest BCUT2D eigenvalue weighted by molar-refractivity contribution is 0.122. The van der Waals surface area contributed by atoms with Gasteiger partial charge in [-0.05, 0) is 29.8 Å². The van der Waals surface area contributed by atoms with Crippen LogP contribution >= 0.6 is 0 Å². The van der Waals surface area contributed by atoms with E-state index >= 15 is 0 Å². The second-order valence-electron chi connectivity index (χ2n) is 5.95. The summed E-state index contributed by atoms with van der Waals surface area (Å²) >= 11 is 0. The van der Waals surface area contributed by atoms with Gasteiger partial charge < -0.3 is 13.8 Å². The number of hydrogen-bond donors (Lipinski definition) is 1. The zero-order chi connectivity index (χ0) is 17.4. The van der Waals surface area contributed by atoms with E-state index in [9.17, 15) is 12.8 Å². The van der Waals surface area contributed by atoms with Crippen LogP contribution in [0.1, 0.15) is 5.56 Å². The number of benzene rings is 2. The predicted octanol–water partition coefficient (Wildman–Crippen LogP) is 2.06. The maximum atomic E-state index is 13.9. The highest BCUT2D eigenvalue weighted by molar-refractivity contribution is 7.85. The molecule has 2 aromatic carbocycles. The summed E-state index contributed by atoms with van der Waals surface area (Å²) in [6.45, 7) is 3.04. The Hall–Kier alpha value is -2.16. The minimum absolute atomic E-state index is 0.00822. The first-order chi connectivity index (χ1) is 12.0. The first kappa shape index (κ1) is 16.3. The molecule has 2 heterocycles. The van der Waals surface area contributed by atoms with Crippen LogP contribution in [0.15, 0.2) is 36.4 Å². The van der Waals surface area contributed by atoms with Gasteiger partial charge in [0.15, 0.2) is 5.75 Å². The van der Waals surface area contributed by atoms with Crippen LogP contribution in [0.25, 0.3) is 11.1 Å². The maximum Gasteiger partial charge on any atom is 0.382 e. The van der Waals surface area contributed by atoms with Gasteiger partial charge in [0, 0.05) is 36.4 Å². The summed E-state index contributed by atoms with van der Waals surface area (Å²) < 4.78 is 50.0. The fourth-order valence-electron chi connectivity index (χ4n) is 3.07. The summed E-state index contributed by atoms with van der Waals surface area (Å²) in [6.07, 6.45) is 0. The van der Waals surface area contributed by atoms with Crippen LogP contribution in [-0.2, 0) is 21.6 Å². The van der Waals surface area contributed by atoms with E-state index < -0.39 is 16.1 Å². The number of morpholine rings is 1. The lowest BCUT2D eigenvalue weighted by atomic mass is 10.0. The van der Waals surface area contributed by atoms with Crippen molar-refractivity contribution in [1.29, 1.82) is 0 Å². The number of rotatable bonds is 2. The largest absolute Gasteiger partial charge is 0.382 e. The number of ether oxygens (including phenoxy) is 1. The van der Waals surface area contributed by atoms with Gasteiger partial charge in [-0.3, -0.25) is 0 Å². The highest BCUT2D eigenvalue weighted by Gasteiger charge is 2.26. The molecule has 6 nitrogen and oxygen atoms in total. The van der Waals surface area contributed by atoms with Crippen molar-refractivity contribution in [2.24, 2.45) is 0 Å². The SMILES string of the molecule is O=S1(=O)NCc2cc(F)cc(-c3ccc(N4CCOCC4)cc3)c2O1. The minimum Gasteiger partial charge on any atom is -0.378 e. The van der Waals surface area contributed by atoms with Crippen LogP contribution in [0.4, 0.5) is 10.1 Å². The van der Waals surface area contributed by atoms with E-state index in [1.807, 2.05) is 24.3 Å². The standard InChI is InChI=1S/C17H17FN2O4S/c18-14-9-13-11-19-25(21,22)24-17(13)16(10-14)12-1-3-15(4-2-12)20-5-7-23-8-6-20/h1-4,9-10,19H,5-8,11H2. The van der Waals surface area contributed by atoms with Crippen LogP contribution in [-0.4, -0.2) is 34.7 Å². The molecule has 1 saturated heterocycles. The molecule has 0 aliphatic carbocycles. The lowest BCUT2D eigenvalue weighted by Crippen LogP contribution is -2.36. The smallest absolute Gasteiger partial charge is 0.378 e. The Morgan fingerprint density at radius 2 is 1.80 bits per heavy atom. The highest BCUT2D eigenvalue weighted by atomic mass is 32.2. The maximum absolute atomic E-state index is 13.9. The van der Waals surface area contributed by atoms with Crippen molar-refractivity contribution in [2.75, 3.05) is 31.2 Å². The van der Waals surface area contributed by atoms with E-state index in [4.69, 9.17) is 8.92 Å². The number of nitrogens with one attached hydrogen (secondary N) is 1. The van der Waals surface area contributed by atoms with Gasteiger partial charge in [-0.2, -0.15) is 13.1 Å². The van der Waals surface area contributed by atoms with E-state index in [2.05, 4.69) is 9.62 Å². The molecule has 0 amide bonds. The third kappa shape index (κ3) is 3.33. The molecule has 1 N–H and O–H groups in total. The molecule has 132 valence electrons. The summed E-state index contributed by atoms with van der Waals surface area (Å²) in [6, 6.07) is 10.1. The topological polar surface area (TPSA) is 67.9 Å². The number of hydrogen-bond acceptors (Lipinski definition) is 5. The quantitative estimate of drug-likeness (QED) is 0.884. The van der Waals surface area contributed by atoms with Gasteiger partial charge in [0.05, 0.1) is 13.2 Å². The third-order valence-electron chi connectivity index (χ3n) is 4.32. The Balaban J connectivity index is 1.71. The van der Waals surface area contributed by atoms with E-state index in [1.54, 1.807) is 0 Å². The molecular weight excluding hydrogens is 347 g/mol. The number of nitrogens with zero attached hydrogens (tertiary/aromatic N) is 1. The molecule has 1 fully saturated rings. The molecule has 0 unspecified atom stereocenters. The molecule has 0 atom stereocenters. The molecule has 0 spiro atoms. The molecular formula is C17H17FN2O4S. The van der Waals surface area contributed by atoms with Crippen molar-refractivity contribution < 1.29 is 21.7 Å². The Bertz CT molecular complexity index is 894. The van der Waals surface area contributed by atoms with E-state index in [1.165, 1.54) is 12.1 Å². The first-order valence-electron chi connectivity index (χ1n) is 7.96. The molecule has 2 aliphatic rings. The van der Waals surface area contributed by atoms with Gasteiger partial charge in [-0.25, -0.2) is 4.39 Å². The number of halogens is 1. The second kappa shape index (κ2) is 6.29. The number of anilines is 1. The molecule has 0 radical (unpaired) electrons. The molecule has 0 bridgehead atoms. The molecule has 0 saturated carbocycles. The van der Waals surface area contributed by atoms with Crippen molar-refractivity contribution in [3.63, 3.8) is 0 Å². The normalized spacial score (nSPS) is 19.2. The summed E-state index contributed by atoms with van der Waals surface area (Å²) in [5, 5.41) is 0. The molecule has 2 aromatic rings. The van der Waals surface area contributed by atoms with Gasteiger partial charge in [0.25, 0.3) is 0 Å². The van der Waals surface area contributed by atoms with E-state index in [0.717, 1.165) is 18.8 Å². The second-order valence-corrected chi connectivity index (χ2v) is 7.31. The molecule has 25 heavy (non-hydrogen) atoms. The van der Waals surface area contributed by atoms with Crippen LogP contribution < -0.4 is 13.8 Å². The van der Waals surface area contributed by atoms with Gasteiger partial charge in [-0.15, -0.1) is 0 Å². The molecule has 2 aliphatic heterocycles.